The van der Waals surface area contributed by atoms with Crippen LogP contribution in [0.4, 0.5) is 11.4 Å². The Balaban J connectivity index is 0.00000541. The molecule has 1 aromatic heterocycles. The summed E-state index contributed by atoms with van der Waals surface area (Å²) in [5, 5.41) is 14.0. The average Bonchev–Trinajstić information content (AvgIpc) is 3.49. The number of allylic oxidation sites excluding steroid dienone is 2. The zero-order valence-corrected chi connectivity index (χ0v) is 32.3. The van der Waals surface area contributed by atoms with Gasteiger partial charge in [-0.1, -0.05) is 41.4 Å². The standard InChI is InChI=1S/C33H33Cl2N5O6S2.Na/c1-3-38-31-20-27(35)24(21-36)18-30(31)40(14-4-5-16-47(41,42)43)33(38)8-6-7-32-37-28-19-26(34)22(2)17-29(28)39(32)15-13-23-9-11-25(12-10-23)48(44,45)46;/h6-12,17-20H,3-5,13-16H2,1-2H3,(H2,41,42,43,44,45,46);/q;+1/p-1. The second-order valence-electron chi connectivity index (χ2n) is 11.3. The number of imidazole rings is 1. The number of unbranched alkanes of at least 4 members (excludes halogenated alkanes) is 1. The summed E-state index contributed by atoms with van der Waals surface area (Å²) in [6, 6.07) is 15.3. The molecule has 0 bridgehead atoms. The Morgan fingerprint density at radius 1 is 1.02 bits per heavy atom. The zero-order valence-electron chi connectivity index (χ0n) is 27.1. The molecule has 4 aromatic rings. The van der Waals surface area contributed by atoms with Crippen molar-refractivity contribution >= 4 is 71.9 Å². The Bertz CT molecular complexity index is 2210. The predicted molar refractivity (Wildman–Crippen MR) is 184 cm³/mol. The van der Waals surface area contributed by atoms with Crippen molar-refractivity contribution < 1.29 is 60.1 Å². The van der Waals surface area contributed by atoms with E-state index >= 15 is 0 Å². The first kappa shape index (κ1) is 38.9. The number of anilines is 2. The van der Waals surface area contributed by atoms with Crippen molar-refractivity contribution in [1.29, 1.82) is 5.26 Å². The summed E-state index contributed by atoms with van der Waals surface area (Å²) >= 11 is 12.9. The molecular formula is C33H32Cl2N5NaO6S2. The zero-order chi connectivity index (χ0) is 34.8. The number of nitrogens with one attached hydrogen (secondary N) is 1. The molecule has 16 heteroatoms. The SMILES string of the molecule is CCn1c(C=CC=C2Nc3cc(Cl)c(C)cc3N2CCc2ccc(S(=O)(=O)[O-])cc2)[n+](CCCCS(=O)(=O)[O-])c2cc(C#N)c(Cl)cc21.[Na+]. The van der Waals surface area contributed by atoms with Crippen molar-refractivity contribution in [1.82, 2.24) is 4.57 Å². The Labute approximate surface area is 318 Å². The normalized spacial score (nSPS) is 13.9. The summed E-state index contributed by atoms with van der Waals surface area (Å²) in [4.78, 5) is 1.81. The molecule has 0 atom stereocenters. The molecule has 0 aliphatic carbocycles. The van der Waals surface area contributed by atoms with Gasteiger partial charge in [0.15, 0.2) is 11.0 Å². The number of hydrogen-bond donors (Lipinski definition) is 1. The number of nitrogens with zero attached hydrogens (tertiary/aromatic N) is 4. The summed E-state index contributed by atoms with van der Waals surface area (Å²) in [6.07, 6.45) is 6.88. The number of halogens is 2. The van der Waals surface area contributed by atoms with Crippen molar-refractivity contribution in [2.75, 3.05) is 22.5 Å². The number of benzene rings is 3. The molecule has 0 unspecified atom stereocenters. The Morgan fingerprint density at radius 3 is 2.37 bits per heavy atom. The van der Waals surface area contributed by atoms with Crippen LogP contribution in [0.1, 0.15) is 42.3 Å². The predicted octanol–water partition coefficient (Wildman–Crippen LogP) is 2.70. The monoisotopic (exact) mass is 751 g/mol. The summed E-state index contributed by atoms with van der Waals surface area (Å²) in [5.74, 6) is 1.10. The van der Waals surface area contributed by atoms with Gasteiger partial charge in [-0.25, -0.2) is 26.0 Å². The third-order valence-corrected chi connectivity index (χ3v) is 10.5. The third kappa shape index (κ3) is 9.07. The van der Waals surface area contributed by atoms with Gasteiger partial charge in [0.1, 0.15) is 22.0 Å². The molecule has 0 fully saturated rings. The molecular weight excluding hydrogens is 720 g/mol. The molecule has 0 spiro atoms. The number of rotatable bonds is 12. The van der Waals surface area contributed by atoms with E-state index in [1.54, 1.807) is 24.3 Å². The maximum atomic E-state index is 11.4. The summed E-state index contributed by atoms with van der Waals surface area (Å²) < 4.78 is 71.7. The van der Waals surface area contributed by atoms with E-state index in [9.17, 15) is 31.2 Å². The van der Waals surface area contributed by atoms with Crippen LogP contribution in [-0.2, 0) is 39.7 Å². The maximum absolute atomic E-state index is 11.4. The van der Waals surface area contributed by atoms with Crippen LogP contribution in [0.5, 0.6) is 0 Å². The van der Waals surface area contributed by atoms with Gasteiger partial charge in [-0.2, -0.15) is 5.26 Å². The third-order valence-electron chi connectivity index (χ3n) is 8.12. The molecule has 0 radical (unpaired) electrons. The fourth-order valence-electron chi connectivity index (χ4n) is 5.74. The maximum Gasteiger partial charge on any atom is 1.00 e. The van der Waals surface area contributed by atoms with E-state index in [1.807, 2.05) is 53.3 Å². The summed E-state index contributed by atoms with van der Waals surface area (Å²) in [5.41, 5.74) is 5.36. The fraction of sp³-hybridized carbons (Fsp3) is 0.273. The number of aromatic nitrogens is 2. The Hall–Kier alpha value is -2.90. The molecule has 49 heavy (non-hydrogen) atoms. The number of hydrogen-bond acceptors (Lipinski definition) is 9. The van der Waals surface area contributed by atoms with E-state index < -0.39 is 26.0 Å². The molecule has 11 nitrogen and oxygen atoms in total. The second-order valence-corrected chi connectivity index (χ2v) is 15.0. The first-order valence-corrected chi connectivity index (χ1v) is 18.8. The molecule has 1 aliphatic rings. The minimum absolute atomic E-state index is 0. The fourth-order valence-corrected chi connectivity index (χ4v) is 7.14. The van der Waals surface area contributed by atoms with E-state index in [0.29, 0.717) is 48.1 Å². The van der Waals surface area contributed by atoms with Crippen LogP contribution in [0.2, 0.25) is 10.0 Å². The van der Waals surface area contributed by atoms with Crippen LogP contribution < -0.4 is 44.3 Å². The van der Waals surface area contributed by atoms with Crippen molar-refractivity contribution in [3.63, 3.8) is 0 Å². The molecule has 252 valence electrons. The number of nitriles is 1. The van der Waals surface area contributed by atoms with Gasteiger partial charge in [0.2, 0.25) is 0 Å². The van der Waals surface area contributed by atoms with Crippen molar-refractivity contribution in [3.05, 3.63) is 99.1 Å². The molecule has 0 amide bonds. The quantitative estimate of drug-likeness (QED) is 0.0993. The topological polar surface area (TPSA) is 162 Å². The van der Waals surface area contributed by atoms with E-state index in [0.717, 1.165) is 45.2 Å². The van der Waals surface area contributed by atoms with Crippen LogP contribution >= 0.6 is 23.2 Å². The summed E-state index contributed by atoms with van der Waals surface area (Å²) in [6.45, 7) is 5.41. The van der Waals surface area contributed by atoms with Gasteiger partial charge in [-0.15, -0.1) is 0 Å². The van der Waals surface area contributed by atoms with Crippen LogP contribution in [0.25, 0.3) is 17.1 Å². The molecule has 2 heterocycles. The minimum atomic E-state index is -4.54. The summed E-state index contributed by atoms with van der Waals surface area (Å²) in [7, 11) is -8.87. The largest absolute Gasteiger partial charge is 1.00 e. The van der Waals surface area contributed by atoms with Crippen LogP contribution in [0.3, 0.4) is 0 Å². The van der Waals surface area contributed by atoms with Gasteiger partial charge >= 0.3 is 29.6 Å². The molecule has 3 aromatic carbocycles. The van der Waals surface area contributed by atoms with E-state index in [2.05, 4.69) is 16.3 Å². The van der Waals surface area contributed by atoms with Crippen molar-refractivity contribution in [2.24, 2.45) is 0 Å². The first-order chi connectivity index (χ1) is 22.7. The Kier molecular flexibility index (Phi) is 12.7. The van der Waals surface area contributed by atoms with Gasteiger partial charge < -0.3 is 19.3 Å². The van der Waals surface area contributed by atoms with E-state index in [1.165, 1.54) is 12.1 Å². The Morgan fingerprint density at radius 2 is 1.73 bits per heavy atom. The molecule has 1 aliphatic heterocycles. The molecule has 1 N–H and O–H groups in total. The average molecular weight is 753 g/mol. The van der Waals surface area contributed by atoms with Gasteiger partial charge in [0.25, 0.3) is 5.82 Å². The van der Waals surface area contributed by atoms with Gasteiger partial charge in [0, 0.05) is 35.5 Å². The number of fused-ring (bicyclic) bond motifs is 2. The molecule has 0 saturated heterocycles. The van der Waals surface area contributed by atoms with Gasteiger partial charge in [-0.05, 0) is 74.6 Å². The molecule has 5 rings (SSSR count). The van der Waals surface area contributed by atoms with Gasteiger partial charge in [-0.3, -0.25) is 0 Å². The van der Waals surface area contributed by atoms with E-state index in [4.69, 9.17) is 23.2 Å². The first-order valence-electron chi connectivity index (χ1n) is 15.1. The smallest absolute Gasteiger partial charge is 0.748 e. The number of aryl methyl sites for hydroxylation is 3. The van der Waals surface area contributed by atoms with Gasteiger partial charge in [0.05, 0.1) is 50.1 Å². The molecule has 0 saturated carbocycles. The van der Waals surface area contributed by atoms with Crippen LogP contribution in [-0.4, -0.2) is 42.8 Å². The van der Waals surface area contributed by atoms with Crippen molar-refractivity contribution in [2.45, 2.75) is 51.1 Å². The van der Waals surface area contributed by atoms with Crippen molar-refractivity contribution in [3.8, 4) is 6.07 Å². The minimum Gasteiger partial charge on any atom is -0.748 e. The van der Waals surface area contributed by atoms with E-state index in [-0.39, 0.29) is 40.9 Å². The van der Waals surface area contributed by atoms with Crippen LogP contribution in [0, 0.1) is 18.3 Å². The second kappa shape index (κ2) is 16.0. The van der Waals surface area contributed by atoms with Crippen LogP contribution in [0.15, 0.2) is 71.4 Å².